The van der Waals surface area contributed by atoms with E-state index in [1.165, 1.54) is 35.4 Å². The first kappa shape index (κ1) is 15.8. The number of hydrogen-bond acceptors (Lipinski definition) is 5. The van der Waals surface area contributed by atoms with Gasteiger partial charge in [0.25, 0.3) is 0 Å². The molecule has 21 heavy (non-hydrogen) atoms. The van der Waals surface area contributed by atoms with Crippen LogP contribution in [0.3, 0.4) is 0 Å². The van der Waals surface area contributed by atoms with Gasteiger partial charge < -0.3 is 10.4 Å². The number of thioether (sulfide) groups is 1. The number of hydrogen-bond donors (Lipinski definition) is 2. The average molecular weight is 343 g/mol. The van der Waals surface area contributed by atoms with Crippen molar-refractivity contribution in [3.8, 4) is 0 Å². The van der Waals surface area contributed by atoms with E-state index in [4.69, 9.17) is 16.7 Å². The molecule has 0 aromatic carbocycles. The number of nitrogens with zero attached hydrogens (tertiary/aromatic N) is 1. The molecule has 2 aromatic rings. The van der Waals surface area contributed by atoms with E-state index in [-0.39, 0.29) is 23.0 Å². The number of carboxylic acid groups (broad SMARTS) is 1. The van der Waals surface area contributed by atoms with Crippen LogP contribution in [0.25, 0.3) is 0 Å². The summed E-state index contributed by atoms with van der Waals surface area (Å²) in [5, 5.41) is 11.5. The van der Waals surface area contributed by atoms with Gasteiger partial charge in [-0.15, -0.1) is 23.1 Å². The second kappa shape index (κ2) is 7.44. The van der Waals surface area contributed by atoms with Gasteiger partial charge >= 0.3 is 5.97 Å². The molecule has 8 heteroatoms. The Labute approximate surface area is 134 Å². The lowest BCUT2D eigenvalue weighted by molar-refractivity contribution is -0.113. The maximum absolute atomic E-state index is 11.8. The van der Waals surface area contributed by atoms with Gasteiger partial charge in [-0.3, -0.25) is 4.79 Å². The topological polar surface area (TPSA) is 79.3 Å². The smallest absolute Gasteiger partial charge is 0.356 e. The quantitative estimate of drug-likeness (QED) is 0.841. The van der Waals surface area contributed by atoms with Gasteiger partial charge in [0, 0.05) is 16.8 Å². The van der Waals surface area contributed by atoms with Crippen molar-refractivity contribution in [2.75, 3.05) is 11.1 Å². The number of thiophene rings is 1. The van der Waals surface area contributed by atoms with Crippen molar-refractivity contribution in [3.05, 3.63) is 45.4 Å². The molecule has 2 N–H and O–H groups in total. The lowest BCUT2D eigenvalue weighted by Gasteiger charge is -2.07. The Morgan fingerprint density at radius 2 is 2.19 bits per heavy atom. The molecule has 0 aliphatic carbocycles. The average Bonchev–Trinajstić information content (AvgIpc) is 2.85. The summed E-state index contributed by atoms with van der Waals surface area (Å²) in [5.41, 5.74) is 0.0376. The third-order valence-corrected chi connectivity index (χ3v) is 4.79. The Kier molecular flexibility index (Phi) is 5.60. The van der Waals surface area contributed by atoms with Crippen LogP contribution >= 0.6 is 34.7 Å². The molecule has 0 aliphatic rings. The van der Waals surface area contributed by atoms with Crippen LogP contribution in [0.15, 0.2) is 30.5 Å². The molecule has 0 saturated heterocycles. The fraction of sp³-hybridized carbons (Fsp3) is 0.154. The molecule has 0 unspecified atom stereocenters. The van der Waals surface area contributed by atoms with E-state index in [1.807, 2.05) is 12.1 Å². The van der Waals surface area contributed by atoms with Crippen LogP contribution in [0, 0.1) is 0 Å². The van der Waals surface area contributed by atoms with Gasteiger partial charge in [0.2, 0.25) is 5.91 Å². The number of carbonyl (C=O) groups is 2. The molecule has 2 rings (SSSR count). The Balaban J connectivity index is 1.86. The number of rotatable bonds is 6. The molecule has 0 bridgehead atoms. The van der Waals surface area contributed by atoms with Crippen LogP contribution in [0.2, 0.25) is 4.34 Å². The lowest BCUT2D eigenvalue weighted by atomic mass is 10.3. The number of amides is 1. The van der Waals surface area contributed by atoms with Crippen molar-refractivity contribution in [2.45, 2.75) is 5.75 Å². The summed E-state index contributed by atoms with van der Waals surface area (Å²) in [4.78, 5) is 27.6. The molecule has 0 aliphatic heterocycles. The number of carboxylic acids is 1. The Morgan fingerprint density at radius 3 is 2.86 bits per heavy atom. The third kappa shape index (κ3) is 4.73. The number of aromatic carboxylic acids is 1. The minimum atomic E-state index is -1.17. The monoisotopic (exact) mass is 342 g/mol. The van der Waals surface area contributed by atoms with Crippen molar-refractivity contribution in [1.82, 2.24) is 4.98 Å². The Hall–Kier alpha value is -1.57. The van der Waals surface area contributed by atoms with E-state index < -0.39 is 5.97 Å². The predicted octanol–water partition coefficient (Wildman–Crippen LogP) is 3.37. The molecule has 2 aromatic heterocycles. The molecule has 0 spiro atoms. The first-order valence-corrected chi connectivity index (χ1v) is 8.21. The molecule has 2 heterocycles. The molecule has 0 radical (unpaired) electrons. The number of pyridine rings is 1. The zero-order valence-corrected chi connectivity index (χ0v) is 13.1. The van der Waals surface area contributed by atoms with Gasteiger partial charge in [0.05, 0.1) is 15.8 Å². The molecule has 5 nitrogen and oxygen atoms in total. The maximum Gasteiger partial charge on any atom is 0.356 e. The number of anilines is 1. The fourth-order valence-electron chi connectivity index (χ4n) is 1.54. The summed E-state index contributed by atoms with van der Waals surface area (Å²) >= 11 is 8.73. The van der Waals surface area contributed by atoms with Crippen molar-refractivity contribution in [2.24, 2.45) is 0 Å². The molecule has 0 saturated carbocycles. The van der Waals surface area contributed by atoms with Crippen LogP contribution < -0.4 is 5.32 Å². The zero-order valence-electron chi connectivity index (χ0n) is 10.7. The first-order valence-electron chi connectivity index (χ1n) is 5.86. The molecule has 0 fully saturated rings. The molecule has 110 valence electrons. The van der Waals surface area contributed by atoms with Gasteiger partial charge in [0.15, 0.2) is 5.69 Å². The number of nitrogens with one attached hydrogen (secondary N) is 1. The van der Waals surface area contributed by atoms with E-state index >= 15 is 0 Å². The lowest BCUT2D eigenvalue weighted by Crippen LogP contribution is -2.17. The summed E-state index contributed by atoms with van der Waals surface area (Å²) < 4.78 is 0.719. The van der Waals surface area contributed by atoms with Gasteiger partial charge in [-0.05, 0) is 24.3 Å². The normalized spacial score (nSPS) is 10.3. The Morgan fingerprint density at radius 1 is 1.38 bits per heavy atom. The van der Waals surface area contributed by atoms with Gasteiger partial charge in [0.1, 0.15) is 0 Å². The van der Waals surface area contributed by atoms with E-state index in [0.717, 1.165) is 9.21 Å². The maximum atomic E-state index is 11.8. The first-order chi connectivity index (χ1) is 10.1. The second-order valence-electron chi connectivity index (χ2n) is 3.95. The van der Waals surface area contributed by atoms with Crippen molar-refractivity contribution in [1.29, 1.82) is 0 Å². The molecule has 0 atom stereocenters. The fourth-order valence-corrected chi connectivity index (χ4v) is 3.56. The summed E-state index contributed by atoms with van der Waals surface area (Å²) in [6.07, 6.45) is 1.37. The number of aromatic nitrogens is 1. The summed E-state index contributed by atoms with van der Waals surface area (Å²) in [5.74, 6) is -0.530. The SMILES string of the molecule is O=C(CSCc1ccc(Cl)s1)Nc1cccnc1C(=O)O. The number of carbonyl (C=O) groups excluding carboxylic acids is 1. The van der Waals surface area contributed by atoms with Crippen LogP contribution in [-0.4, -0.2) is 27.7 Å². The minimum absolute atomic E-state index is 0.166. The highest BCUT2D eigenvalue weighted by Gasteiger charge is 2.13. The summed E-state index contributed by atoms with van der Waals surface area (Å²) in [6, 6.07) is 6.82. The standard InChI is InChI=1S/C13H11ClN2O3S2/c14-10-4-3-8(21-10)6-20-7-11(17)16-9-2-1-5-15-12(9)13(18)19/h1-5H,6-7H2,(H,16,17)(H,18,19). The summed E-state index contributed by atoms with van der Waals surface area (Å²) in [7, 11) is 0. The molecular formula is C13H11ClN2O3S2. The minimum Gasteiger partial charge on any atom is -0.476 e. The Bertz CT molecular complexity index is 660. The van der Waals surface area contributed by atoms with Crippen molar-refractivity contribution >= 4 is 52.3 Å². The van der Waals surface area contributed by atoms with Crippen LogP contribution in [0.1, 0.15) is 15.4 Å². The zero-order chi connectivity index (χ0) is 15.2. The van der Waals surface area contributed by atoms with E-state index in [0.29, 0.717) is 5.75 Å². The van der Waals surface area contributed by atoms with Crippen molar-refractivity contribution < 1.29 is 14.7 Å². The van der Waals surface area contributed by atoms with E-state index in [9.17, 15) is 9.59 Å². The highest BCUT2D eigenvalue weighted by atomic mass is 35.5. The molecule has 1 amide bonds. The predicted molar refractivity (Wildman–Crippen MR) is 85.3 cm³/mol. The van der Waals surface area contributed by atoms with E-state index in [2.05, 4.69) is 10.3 Å². The van der Waals surface area contributed by atoms with Gasteiger partial charge in [-0.2, -0.15) is 0 Å². The van der Waals surface area contributed by atoms with Gasteiger partial charge in [-0.25, -0.2) is 9.78 Å². The van der Waals surface area contributed by atoms with Crippen LogP contribution in [-0.2, 0) is 10.5 Å². The van der Waals surface area contributed by atoms with Crippen LogP contribution in [0.5, 0.6) is 0 Å². The van der Waals surface area contributed by atoms with Crippen molar-refractivity contribution in [3.63, 3.8) is 0 Å². The highest BCUT2D eigenvalue weighted by molar-refractivity contribution is 7.99. The third-order valence-electron chi connectivity index (χ3n) is 2.39. The highest BCUT2D eigenvalue weighted by Crippen LogP contribution is 2.25. The summed E-state index contributed by atoms with van der Waals surface area (Å²) in [6.45, 7) is 0. The van der Waals surface area contributed by atoms with E-state index in [1.54, 1.807) is 6.07 Å². The van der Waals surface area contributed by atoms with Gasteiger partial charge in [-0.1, -0.05) is 11.6 Å². The molecular weight excluding hydrogens is 332 g/mol. The number of halogens is 1. The van der Waals surface area contributed by atoms with Crippen LogP contribution in [0.4, 0.5) is 5.69 Å². The second-order valence-corrected chi connectivity index (χ2v) is 6.74. The largest absolute Gasteiger partial charge is 0.476 e.